The molecule has 8 aliphatic rings. The number of rotatable bonds is 6. The van der Waals surface area contributed by atoms with Crippen LogP contribution in [0.5, 0.6) is 0 Å². The topological polar surface area (TPSA) is 223 Å². The lowest BCUT2D eigenvalue weighted by Crippen LogP contribution is -2.96. The van der Waals surface area contributed by atoms with Crippen molar-refractivity contribution < 1.29 is 49.5 Å². The number of esters is 1. The smallest absolute Gasteiger partial charge is 0.333 e. The SMILES string of the molecule is CC=C(C)C(=O)O[C@H]1CC2C(O)C3C(=O)CC(CO)OC3C3C2O[C@@]1(C)[C@@H]1CC2C[NH2+]C(N)CC2CCC1CC1C(N)NCCC1[C@@H]3[C@H](CO)C1CCCC(O)C1. The van der Waals surface area contributed by atoms with Crippen molar-refractivity contribution in [3.8, 4) is 0 Å². The van der Waals surface area contributed by atoms with Gasteiger partial charge in [0, 0.05) is 42.8 Å². The molecule has 322 valence electrons. The van der Waals surface area contributed by atoms with Gasteiger partial charge in [0.05, 0.1) is 55.8 Å². The summed E-state index contributed by atoms with van der Waals surface area (Å²) in [6.45, 7) is 6.98. The normalized spacial score (nSPS) is 50.9. The minimum absolute atomic E-state index is 0.00274. The molecule has 0 aromatic heterocycles. The van der Waals surface area contributed by atoms with Gasteiger partial charge in [0.1, 0.15) is 23.7 Å². The fourth-order valence-corrected chi connectivity index (χ4v) is 14.4. The lowest BCUT2D eigenvalue weighted by molar-refractivity contribution is -0.706. The van der Waals surface area contributed by atoms with Crippen LogP contribution in [0.2, 0.25) is 0 Å². The third-order valence-electron chi connectivity index (χ3n) is 17.3. The van der Waals surface area contributed by atoms with Crippen molar-refractivity contribution >= 4 is 11.8 Å². The summed E-state index contributed by atoms with van der Waals surface area (Å²) in [5.41, 5.74) is 13.3. The third kappa shape index (κ3) is 7.71. The molecule has 8 fully saturated rings. The number of ketones is 1. The first kappa shape index (κ1) is 42.2. The lowest BCUT2D eigenvalue weighted by Gasteiger charge is -2.64. The molecule has 16 unspecified atom stereocenters. The minimum Gasteiger partial charge on any atom is -0.456 e. The highest BCUT2D eigenvalue weighted by Crippen LogP contribution is 2.60. The molecule has 13 nitrogen and oxygen atoms in total. The summed E-state index contributed by atoms with van der Waals surface area (Å²) in [6, 6.07) is 0. The summed E-state index contributed by atoms with van der Waals surface area (Å²) in [5, 5.41) is 51.6. The van der Waals surface area contributed by atoms with Crippen molar-refractivity contribution in [3.05, 3.63) is 11.6 Å². The van der Waals surface area contributed by atoms with Gasteiger partial charge < -0.3 is 51.0 Å². The fraction of sp³-hybridized carbons (Fsp3) is 0.909. The van der Waals surface area contributed by atoms with E-state index in [1.54, 1.807) is 13.0 Å². The Morgan fingerprint density at radius 2 is 1.79 bits per heavy atom. The number of fused-ring (bicyclic) bond motifs is 7. The number of allylic oxidation sites excluding steroid dienone is 1. The van der Waals surface area contributed by atoms with Crippen LogP contribution in [0.4, 0.5) is 0 Å². The molecule has 57 heavy (non-hydrogen) atoms. The van der Waals surface area contributed by atoms with Gasteiger partial charge in [-0.3, -0.25) is 10.5 Å². The molecule has 3 saturated carbocycles. The van der Waals surface area contributed by atoms with E-state index < -0.39 is 65.9 Å². The summed E-state index contributed by atoms with van der Waals surface area (Å²) < 4.78 is 21.2. The number of hydrogen-bond donors (Lipinski definition) is 8. The van der Waals surface area contributed by atoms with E-state index in [2.05, 4.69) is 17.6 Å². The van der Waals surface area contributed by atoms with Gasteiger partial charge in [-0.15, -0.1) is 0 Å². The van der Waals surface area contributed by atoms with Crippen LogP contribution >= 0.6 is 0 Å². The lowest BCUT2D eigenvalue weighted by atomic mass is 9.51. The van der Waals surface area contributed by atoms with Crippen molar-refractivity contribution in [2.24, 2.45) is 82.5 Å². The quantitative estimate of drug-likeness (QED) is 0.139. The number of Topliss-reactive ketones (excluding diaryl/α,β-unsaturated/α-hetero) is 1. The van der Waals surface area contributed by atoms with Crippen molar-refractivity contribution in [1.82, 2.24) is 5.32 Å². The first-order valence-corrected chi connectivity index (χ1v) is 22.7. The van der Waals surface area contributed by atoms with Crippen LogP contribution in [-0.2, 0) is 23.8 Å². The van der Waals surface area contributed by atoms with E-state index in [1.807, 2.05) is 6.92 Å². The minimum atomic E-state index is -1.11. The molecule has 2 bridgehead atoms. The maximum atomic E-state index is 14.3. The van der Waals surface area contributed by atoms with Gasteiger partial charge in [0.15, 0.2) is 0 Å². The van der Waals surface area contributed by atoms with Crippen LogP contribution in [0.1, 0.15) is 97.8 Å². The van der Waals surface area contributed by atoms with Crippen LogP contribution in [0.25, 0.3) is 0 Å². The van der Waals surface area contributed by atoms with Gasteiger partial charge in [-0.25, -0.2) is 4.79 Å². The van der Waals surface area contributed by atoms with E-state index in [-0.39, 0.29) is 79.2 Å². The van der Waals surface area contributed by atoms with E-state index in [4.69, 9.17) is 25.7 Å². The molecule has 11 N–H and O–H groups in total. The van der Waals surface area contributed by atoms with Gasteiger partial charge in [0.25, 0.3) is 0 Å². The number of nitrogens with two attached hydrogens (primary N) is 3. The second kappa shape index (κ2) is 17.1. The molecule has 13 heteroatoms. The number of nitrogens with one attached hydrogen (secondary N) is 1. The number of aliphatic hydroxyl groups is 4. The Bertz CT molecular complexity index is 1480. The first-order chi connectivity index (χ1) is 27.4. The molecule has 8 rings (SSSR count). The molecule has 0 radical (unpaired) electrons. The summed E-state index contributed by atoms with van der Waals surface area (Å²) in [4.78, 5) is 28.1. The molecular weight excluding hydrogens is 729 g/mol. The zero-order chi connectivity index (χ0) is 40.3. The second-order valence-electron chi connectivity index (χ2n) is 20.1. The van der Waals surface area contributed by atoms with Crippen LogP contribution in [-0.4, -0.2) is 113 Å². The first-order valence-electron chi connectivity index (χ1n) is 22.7. The fourth-order valence-electron chi connectivity index (χ4n) is 14.4. The van der Waals surface area contributed by atoms with Crippen molar-refractivity contribution in [1.29, 1.82) is 0 Å². The van der Waals surface area contributed by atoms with Crippen molar-refractivity contribution in [2.45, 2.75) is 152 Å². The Balaban J connectivity index is 1.32. The maximum Gasteiger partial charge on any atom is 0.333 e. The van der Waals surface area contributed by atoms with Crippen LogP contribution in [0.3, 0.4) is 0 Å². The van der Waals surface area contributed by atoms with Gasteiger partial charge in [-0.2, -0.15) is 0 Å². The number of quaternary nitrogens is 1. The highest BCUT2D eigenvalue weighted by Gasteiger charge is 2.67. The van der Waals surface area contributed by atoms with E-state index in [9.17, 15) is 30.0 Å². The number of piperidine rings is 2. The molecule has 3 aliphatic carbocycles. The molecule has 0 aromatic rings. The van der Waals surface area contributed by atoms with Gasteiger partial charge >= 0.3 is 5.97 Å². The van der Waals surface area contributed by atoms with Gasteiger partial charge in [-0.1, -0.05) is 12.5 Å². The average molecular weight is 802 g/mol. The number of carbonyl (C=O) groups excluding carboxylic acids is 2. The summed E-state index contributed by atoms with van der Waals surface area (Å²) in [6.07, 6.45) is 6.22. The zero-order valence-electron chi connectivity index (χ0n) is 34.5. The Hall–Kier alpha value is -1.52. The molecule has 5 aliphatic heterocycles. The number of aliphatic hydroxyl groups excluding tert-OH is 4. The molecule has 21 atom stereocenters. The summed E-state index contributed by atoms with van der Waals surface area (Å²) >= 11 is 0. The van der Waals surface area contributed by atoms with Crippen LogP contribution < -0.4 is 22.1 Å². The Labute approximate surface area is 338 Å². The predicted molar refractivity (Wildman–Crippen MR) is 210 cm³/mol. The Kier molecular flexibility index (Phi) is 12.6. The molecule has 5 heterocycles. The summed E-state index contributed by atoms with van der Waals surface area (Å²) in [7, 11) is 0. The monoisotopic (exact) mass is 802 g/mol. The van der Waals surface area contributed by atoms with E-state index in [0.717, 1.165) is 64.3 Å². The van der Waals surface area contributed by atoms with E-state index in [1.165, 1.54) is 0 Å². The highest BCUT2D eigenvalue weighted by atomic mass is 16.6. The Morgan fingerprint density at radius 3 is 2.53 bits per heavy atom. The zero-order valence-corrected chi connectivity index (χ0v) is 34.5. The molecular formula is C44H73N4O9+. The molecule has 0 aromatic carbocycles. The Morgan fingerprint density at radius 1 is 1.00 bits per heavy atom. The predicted octanol–water partition coefficient (Wildman–Crippen LogP) is 0.945. The maximum absolute atomic E-state index is 14.3. The highest BCUT2D eigenvalue weighted by molar-refractivity contribution is 5.87. The molecule has 0 spiro atoms. The van der Waals surface area contributed by atoms with Crippen LogP contribution in [0.15, 0.2) is 11.6 Å². The average Bonchev–Trinajstić information content (AvgIpc) is 3.37. The number of carbonyl (C=O) groups is 2. The molecule has 5 saturated heterocycles. The van der Waals surface area contributed by atoms with Crippen LogP contribution in [0, 0.1) is 71.0 Å². The van der Waals surface area contributed by atoms with Crippen molar-refractivity contribution in [2.75, 3.05) is 26.3 Å². The molecule has 0 amide bonds. The largest absolute Gasteiger partial charge is 0.456 e. The van der Waals surface area contributed by atoms with E-state index in [0.29, 0.717) is 36.8 Å². The summed E-state index contributed by atoms with van der Waals surface area (Å²) in [5.74, 6) is -1.62. The van der Waals surface area contributed by atoms with Gasteiger partial charge in [-0.05, 0) is 132 Å². The van der Waals surface area contributed by atoms with Crippen molar-refractivity contribution in [3.63, 3.8) is 0 Å². The standard InChI is InChI=1S/C44H72N4O9/c1-4-21(2)43(54)56-34-17-30-39(53)37-33(52)16-27(19-49)55-41(37)38-36(31(20-50)23-6-5-7-26(51)12-23)28-10-11-47-42(46)29(28)13-24-9-8-22-15-35(45)48-18-25(22)14-32(24)44(34,3)57-40(30)38/h4,22-32,34-42,47-51,53H,5-20,45-46H2,1-3H3/p+1/t22?,23?,24?,25?,26?,27?,28?,29?,30?,31-,32-,34+,35?,36-,37?,38?,39?,40?,41?,42?,44+/m1/s1. The number of ether oxygens (including phenoxy) is 3. The van der Waals surface area contributed by atoms with Gasteiger partial charge in [0.2, 0.25) is 0 Å². The third-order valence-corrected chi connectivity index (χ3v) is 17.3. The number of hydrogen-bond acceptors (Lipinski definition) is 12. The second-order valence-corrected chi connectivity index (χ2v) is 20.1. The van der Waals surface area contributed by atoms with E-state index >= 15 is 0 Å².